The van der Waals surface area contributed by atoms with Gasteiger partial charge in [0.2, 0.25) is 0 Å². The second-order valence-corrected chi connectivity index (χ2v) is 6.85. The van der Waals surface area contributed by atoms with Crippen molar-refractivity contribution in [1.82, 2.24) is 4.98 Å². The van der Waals surface area contributed by atoms with Crippen molar-refractivity contribution in [3.05, 3.63) is 76.2 Å². The minimum Gasteiger partial charge on any atom is -0.394 e. The fourth-order valence-electron chi connectivity index (χ4n) is 3.07. The van der Waals surface area contributed by atoms with Crippen LogP contribution < -0.4 is 27.4 Å². The highest BCUT2D eigenvalue weighted by molar-refractivity contribution is 5.75. The number of pyridine rings is 1. The molecule has 0 bridgehead atoms. The number of rotatable bonds is 7. The van der Waals surface area contributed by atoms with Crippen molar-refractivity contribution < 1.29 is 9.94 Å². The summed E-state index contributed by atoms with van der Waals surface area (Å²) in [7, 11) is 3.91. The highest BCUT2D eigenvalue weighted by Crippen LogP contribution is 2.31. The van der Waals surface area contributed by atoms with Crippen LogP contribution in [-0.4, -0.2) is 24.2 Å². The van der Waals surface area contributed by atoms with Gasteiger partial charge in [-0.1, -0.05) is 24.3 Å². The molecule has 0 aliphatic rings. The zero-order valence-electron chi connectivity index (χ0n) is 16.3. The van der Waals surface area contributed by atoms with E-state index in [2.05, 4.69) is 10.3 Å². The second kappa shape index (κ2) is 8.78. The fraction of sp³-hybridized carbons (Fsp3) is 0.190. The van der Waals surface area contributed by atoms with E-state index in [-0.39, 0.29) is 17.9 Å². The van der Waals surface area contributed by atoms with Crippen LogP contribution in [0.4, 0.5) is 17.1 Å². The summed E-state index contributed by atoms with van der Waals surface area (Å²) in [6.07, 6.45) is 0.646. The summed E-state index contributed by atoms with van der Waals surface area (Å²) in [6, 6.07) is 14.7. The van der Waals surface area contributed by atoms with Gasteiger partial charge in [0.1, 0.15) is 0 Å². The summed E-state index contributed by atoms with van der Waals surface area (Å²) >= 11 is 0. The van der Waals surface area contributed by atoms with Crippen LogP contribution in [0.1, 0.15) is 17.4 Å². The van der Waals surface area contributed by atoms with Crippen LogP contribution in [0.3, 0.4) is 0 Å². The Labute approximate surface area is 168 Å². The third kappa shape index (κ3) is 4.57. The molecule has 29 heavy (non-hydrogen) atoms. The van der Waals surface area contributed by atoms with Crippen molar-refractivity contribution in [3.8, 4) is 11.1 Å². The van der Waals surface area contributed by atoms with E-state index in [1.165, 1.54) is 0 Å². The Morgan fingerprint density at radius 1 is 1.21 bits per heavy atom. The summed E-state index contributed by atoms with van der Waals surface area (Å²) in [6.45, 7) is 0.101. The van der Waals surface area contributed by atoms with Crippen molar-refractivity contribution in [2.45, 2.75) is 12.8 Å². The molecule has 0 saturated carbocycles. The van der Waals surface area contributed by atoms with E-state index in [9.17, 15) is 9.90 Å². The first-order valence-corrected chi connectivity index (χ1v) is 9.04. The van der Waals surface area contributed by atoms with Crippen molar-refractivity contribution in [3.63, 3.8) is 0 Å². The SMILES string of the molecule is CN(C)c1ccc(C(O)Nc2cccc(-c3c[nH]c(=O)c(N)c3)c2CON)cc1. The summed E-state index contributed by atoms with van der Waals surface area (Å²) < 4.78 is 0. The molecule has 152 valence electrons. The number of aliphatic hydroxyl groups is 1. The average molecular weight is 395 g/mol. The van der Waals surface area contributed by atoms with Crippen molar-refractivity contribution in [1.29, 1.82) is 0 Å². The lowest BCUT2D eigenvalue weighted by molar-refractivity contribution is 0.124. The van der Waals surface area contributed by atoms with Gasteiger partial charge in [-0.3, -0.25) is 9.63 Å². The zero-order valence-corrected chi connectivity index (χ0v) is 16.3. The molecule has 0 amide bonds. The van der Waals surface area contributed by atoms with E-state index in [1.54, 1.807) is 12.3 Å². The Hall–Kier alpha value is -3.33. The number of hydrogen-bond donors (Lipinski definition) is 5. The first-order chi connectivity index (χ1) is 13.9. The monoisotopic (exact) mass is 395 g/mol. The number of aromatic amines is 1. The van der Waals surface area contributed by atoms with Crippen molar-refractivity contribution in [2.24, 2.45) is 5.90 Å². The first kappa shape index (κ1) is 20.4. The number of benzene rings is 2. The molecule has 1 heterocycles. The van der Waals surface area contributed by atoms with Crippen LogP contribution in [0.25, 0.3) is 11.1 Å². The minimum atomic E-state index is -0.932. The van der Waals surface area contributed by atoms with Gasteiger partial charge < -0.3 is 26.0 Å². The number of nitrogen functional groups attached to an aromatic ring is 1. The van der Waals surface area contributed by atoms with Gasteiger partial charge in [0.05, 0.1) is 12.3 Å². The Balaban J connectivity index is 1.94. The second-order valence-electron chi connectivity index (χ2n) is 6.85. The molecule has 1 atom stereocenters. The van der Waals surface area contributed by atoms with Gasteiger partial charge in [0, 0.05) is 48.4 Å². The minimum absolute atomic E-state index is 0.101. The third-order valence-corrected chi connectivity index (χ3v) is 4.66. The molecule has 2 aromatic carbocycles. The van der Waals surface area contributed by atoms with Crippen LogP contribution in [0.5, 0.6) is 0 Å². The van der Waals surface area contributed by atoms with E-state index in [0.717, 1.165) is 16.8 Å². The molecule has 7 N–H and O–H groups in total. The Bertz CT molecular complexity index is 1030. The van der Waals surface area contributed by atoms with Crippen LogP contribution >= 0.6 is 0 Å². The van der Waals surface area contributed by atoms with Gasteiger partial charge in [0.25, 0.3) is 5.56 Å². The Kier molecular flexibility index (Phi) is 6.18. The molecule has 8 nitrogen and oxygen atoms in total. The number of nitrogens with one attached hydrogen (secondary N) is 2. The molecule has 8 heteroatoms. The number of aromatic nitrogens is 1. The average Bonchev–Trinajstić information content (AvgIpc) is 2.71. The molecule has 1 aromatic heterocycles. The maximum Gasteiger partial charge on any atom is 0.271 e. The van der Waals surface area contributed by atoms with E-state index < -0.39 is 6.23 Å². The normalized spacial score (nSPS) is 11.9. The number of hydrogen-bond acceptors (Lipinski definition) is 7. The van der Waals surface area contributed by atoms with Gasteiger partial charge in [0.15, 0.2) is 6.23 Å². The van der Waals surface area contributed by atoms with Gasteiger partial charge in [-0.15, -0.1) is 0 Å². The molecule has 0 radical (unpaired) electrons. The predicted octanol–water partition coefficient (Wildman–Crippen LogP) is 2.18. The van der Waals surface area contributed by atoms with Crippen LogP contribution in [0, 0.1) is 0 Å². The number of nitrogens with two attached hydrogens (primary N) is 2. The number of H-pyrrole nitrogens is 1. The molecule has 0 aliphatic heterocycles. The summed E-state index contributed by atoms with van der Waals surface area (Å²) in [5.74, 6) is 5.34. The highest BCUT2D eigenvalue weighted by atomic mass is 16.6. The molecule has 3 aromatic rings. The molecular formula is C21H25N5O3. The number of anilines is 3. The molecule has 0 saturated heterocycles. The largest absolute Gasteiger partial charge is 0.394 e. The van der Waals surface area contributed by atoms with E-state index >= 15 is 0 Å². The number of nitrogens with zero attached hydrogens (tertiary/aromatic N) is 1. The zero-order chi connectivity index (χ0) is 21.0. The lowest BCUT2D eigenvalue weighted by atomic mass is 9.99. The summed E-state index contributed by atoms with van der Waals surface area (Å²) in [4.78, 5) is 21.1. The van der Waals surface area contributed by atoms with E-state index in [0.29, 0.717) is 16.8 Å². The third-order valence-electron chi connectivity index (χ3n) is 4.66. The van der Waals surface area contributed by atoms with Crippen molar-refractivity contribution in [2.75, 3.05) is 30.0 Å². The first-order valence-electron chi connectivity index (χ1n) is 9.04. The Morgan fingerprint density at radius 2 is 1.93 bits per heavy atom. The molecule has 0 aliphatic carbocycles. The maximum absolute atomic E-state index is 11.6. The smallest absolute Gasteiger partial charge is 0.271 e. The van der Waals surface area contributed by atoms with Gasteiger partial charge >= 0.3 is 0 Å². The molecule has 3 rings (SSSR count). The standard InChI is InChI=1S/C21H25N5O3/c1-26(2)15-8-6-13(7-9-15)20(27)25-19-5-3-4-16(17(19)12-29-23)14-10-18(22)21(28)24-11-14/h3-11,20,25,27H,12,22-23H2,1-2H3,(H,24,28). The quantitative estimate of drug-likeness (QED) is 0.306. The Morgan fingerprint density at radius 3 is 2.55 bits per heavy atom. The topological polar surface area (TPSA) is 130 Å². The molecule has 0 fully saturated rings. The molecule has 0 spiro atoms. The lowest BCUT2D eigenvalue weighted by Gasteiger charge is -2.20. The van der Waals surface area contributed by atoms with Crippen LogP contribution in [-0.2, 0) is 11.4 Å². The highest BCUT2D eigenvalue weighted by Gasteiger charge is 2.15. The van der Waals surface area contributed by atoms with Gasteiger partial charge in [-0.25, -0.2) is 5.90 Å². The maximum atomic E-state index is 11.6. The molecule has 1 unspecified atom stereocenters. The number of aliphatic hydroxyl groups excluding tert-OH is 1. The van der Waals surface area contributed by atoms with Gasteiger partial charge in [-0.05, 0) is 29.8 Å². The summed E-state index contributed by atoms with van der Waals surface area (Å²) in [5, 5.41) is 13.8. The van der Waals surface area contributed by atoms with Crippen LogP contribution in [0.15, 0.2) is 59.5 Å². The summed E-state index contributed by atoms with van der Waals surface area (Å²) in [5.41, 5.74) is 10.1. The van der Waals surface area contributed by atoms with E-state index in [4.69, 9.17) is 16.5 Å². The molecular weight excluding hydrogens is 370 g/mol. The van der Waals surface area contributed by atoms with E-state index in [1.807, 2.05) is 61.5 Å². The lowest BCUT2D eigenvalue weighted by Crippen LogP contribution is -2.14. The van der Waals surface area contributed by atoms with Crippen LogP contribution in [0.2, 0.25) is 0 Å². The van der Waals surface area contributed by atoms with Crippen molar-refractivity contribution >= 4 is 17.1 Å². The predicted molar refractivity (Wildman–Crippen MR) is 115 cm³/mol. The fourth-order valence-corrected chi connectivity index (χ4v) is 3.07. The van der Waals surface area contributed by atoms with Gasteiger partial charge in [-0.2, -0.15) is 0 Å².